The number of amides is 2. The summed E-state index contributed by atoms with van der Waals surface area (Å²) in [7, 11) is 0. The highest BCUT2D eigenvalue weighted by Gasteiger charge is 2.35. The molecule has 0 radical (unpaired) electrons. The number of fused-ring (bicyclic) bond motifs is 1. The van der Waals surface area contributed by atoms with Crippen LogP contribution in [0.3, 0.4) is 0 Å². The monoisotopic (exact) mass is 372 g/mol. The van der Waals surface area contributed by atoms with Crippen molar-refractivity contribution in [2.75, 3.05) is 4.90 Å². The number of carbonyl (C=O) groups excluding carboxylic acids is 3. The molecule has 0 fully saturated rings. The fraction of sp³-hybridized carbons (Fsp3) is 0.0952. The van der Waals surface area contributed by atoms with Gasteiger partial charge in [-0.3, -0.25) is 19.3 Å². The number of anilines is 2. The lowest BCUT2D eigenvalue weighted by molar-refractivity contribution is -0.116. The predicted molar refractivity (Wildman–Crippen MR) is 103 cm³/mol. The Morgan fingerprint density at radius 3 is 2.57 bits per heavy atom. The zero-order chi connectivity index (χ0) is 19.8. The average Bonchev–Trinajstić information content (AvgIpc) is 3.03. The summed E-state index contributed by atoms with van der Waals surface area (Å²) < 4.78 is 0. The molecule has 0 spiro atoms. The maximum atomic E-state index is 12.7. The Bertz CT molecular complexity index is 1120. The number of primary amides is 1. The Morgan fingerprint density at radius 1 is 1.14 bits per heavy atom. The summed E-state index contributed by atoms with van der Waals surface area (Å²) in [5.41, 5.74) is 8.66. The topological polar surface area (TPSA) is 106 Å². The van der Waals surface area contributed by atoms with Crippen molar-refractivity contribution in [3.8, 4) is 11.4 Å². The van der Waals surface area contributed by atoms with E-state index in [0.717, 1.165) is 5.56 Å². The molecule has 7 heteroatoms. The smallest absolute Gasteiger partial charge is 0.267 e. The van der Waals surface area contributed by atoms with Crippen LogP contribution < -0.4 is 10.6 Å². The van der Waals surface area contributed by atoms with Crippen molar-refractivity contribution >= 4 is 29.6 Å². The van der Waals surface area contributed by atoms with E-state index in [0.29, 0.717) is 34.5 Å². The van der Waals surface area contributed by atoms with E-state index in [1.54, 1.807) is 24.3 Å². The van der Waals surface area contributed by atoms with Crippen molar-refractivity contribution in [1.29, 1.82) is 0 Å². The molecular formula is C21H16N4O3. The second-order valence-electron chi connectivity index (χ2n) is 6.55. The number of aromatic nitrogens is 2. The SMILES string of the molecule is Cc1ccc(N2C(=O)Cc3c(C(N)=O)nc(-c4cccc(C=O)c4)nc32)cc1. The van der Waals surface area contributed by atoms with Crippen molar-refractivity contribution in [1.82, 2.24) is 9.97 Å². The largest absolute Gasteiger partial charge is 0.364 e. The van der Waals surface area contributed by atoms with Crippen LogP contribution in [0.1, 0.15) is 32.0 Å². The van der Waals surface area contributed by atoms with Gasteiger partial charge in [0.25, 0.3) is 5.91 Å². The van der Waals surface area contributed by atoms with E-state index in [1.807, 2.05) is 31.2 Å². The van der Waals surface area contributed by atoms with Crippen molar-refractivity contribution in [2.24, 2.45) is 5.73 Å². The molecule has 0 bridgehead atoms. The summed E-state index contributed by atoms with van der Waals surface area (Å²) in [5.74, 6) is -0.383. The molecular weight excluding hydrogens is 356 g/mol. The van der Waals surface area contributed by atoms with E-state index in [-0.39, 0.29) is 23.8 Å². The molecule has 28 heavy (non-hydrogen) atoms. The van der Waals surface area contributed by atoms with Gasteiger partial charge in [-0.15, -0.1) is 0 Å². The highest BCUT2D eigenvalue weighted by atomic mass is 16.2. The van der Waals surface area contributed by atoms with Gasteiger partial charge < -0.3 is 5.73 Å². The summed E-state index contributed by atoms with van der Waals surface area (Å²) in [6.45, 7) is 1.95. The maximum absolute atomic E-state index is 12.7. The van der Waals surface area contributed by atoms with Gasteiger partial charge in [-0.25, -0.2) is 9.97 Å². The third-order valence-electron chi connectivity index (χ3n) is 4.58. The first-order valence-corrected chi connectivity index (χ1v) is 8.64. The molecule has 1 aromatic heterocycles. The van der Waals surface area contributed by atoms with Gasteiger partial charge in [0.15, 0.2) is 5.82 Å². The van der Waals surface area contributed by atoms with Crippen LogP contribution in [-0.4, -0.2) is 28.1 Å². The Balaban J connectivity index is 1.92. The van der Waals surface area contributed by atoms with Gasteiger partial charge in [-0.05, 0) is 25.1 Å². The zero-order valence-corrected chi connectivity index (χ0v) is 15.0. The molecule has 1 aliphatic rings. The molecule has 0 aliphatic carbocycles. The first-order chi connectivity index (χ1) is 13.5. The Hall–Kier alpha value is -3.87. The minimum absolute atomic E-state index is 0.00383. The van der Waals surface area contributed by atoms with Crippen molar-refractivity contribution in [3.05, 3.63) is 70.9 Å². The normalized spacial score (nSPS) is 12.8. The van der Waals surface area contributed by atoms with Gasteiger partial charge in [-0.1, -0.05) is 35.9 Å². The second-order valence-corrected chi connectivity index (χ2v) is 6.55. The number of hydrogen-bond acceptors (Lipinski definition) is 5. The second kappa shape index (κ2) is 6.70. The first-order valence-electron chi connectivity index (χ1n) is 8.64. The maximum Gasteiger partial charge on any atom is 0.267 e. The summed E-state index contributed by atoms with van der Waals surface area (Å²) in [6, 6.07) is 14.1. The molecule has 2 aromatic carbocycles. The number of benzene rings is 2. The van der Waals surface area contributed by atoms with Crippen molar-refractivity contribution in [2.45, 2.75) is 13.3 Å². The van der Waals surface area contributed by atoms with Crippen LogP contribution in [0.2, 0.25) is 0 Å². The van der Waals surface area contributed by atoms with E-state index < -0.39 is 5.91 Å². The number of nitrogens with two attached hydrogens (primary N) is 1. The van der Waals surface area contributed by atoms with Crippen LogP contribution in [0, 0.1) is 6.92 Å². The fourth-order valence-corrected chi connectivity index (χ4v) is 3.21. The molecule has 4 rings (SSSR count). The van der Waals surface area contributed by atoms with Crippen molar-refractivity contribution < 1.29 is 14.4 Å². The van der Waals surface area contributed by atoms with E-state index in [2.05, 4.69) is 9.97 Å². The van der Waals surface area contributed by atoms with E-state index in [9.17, 15) is 14.4 Å². The minimum Gasteiger partial charge on any atom is -0.364 e. The quantitative estimate of drug-likeness (QED) is 0.709. The number of rotatable bonds is 4. The molecule has 2 amide bonds. The molecule has 7 nitrogen and oxygen atoms in total. The van der Waals surface area contributed by atoms with Crippen molar-refractivity contribution in [3.63, 3.8) is 0 Å². The number of nitrogens with zero attached hydrogens (tertiary/aromatic N) is 3. The number of aldehydes is 1. The lowest BCUT2D eigenvalue weighted by atomic mass is 10.1. The predicted octanol–water partition coefficient (Wildman–Crippen LogP) is 2.58. The van der Waals surface area contributed by atoms with Crippen LogP contribution in [0.5, 0.6) is 0 Å². The van der Waals surface area contributed by atoms with Gasteiger partial charge >= 0.3 is 0 Å². The third-order valence-corrected chi connectivity index (χ3v) is 4.58. The average molecular weight is 372 g/mol. The molecule has 2 N–H and O–H groups in total. The molecule has 0 saturated carbocycles. The number of hydrogen-bond donors (Lipinski definition) is 1. The molecule has 2 heterocycles. The fourth-order valence-electron chi connectivity index (χ4n) is 3.21. The highest BCUT2D eigenvalue weighted by Crippen LogP contribution is 2.36. The summed E-state index contributed by atoms with van der Waals surface area (Å²) in [5, 5.41) is 0. The summed E-state index contributed by atoms with van der Waals surface area (Å²) >= 11 is 0. The van der Waals surface area contributed by atoms with Gasteiger partial charge in [0.1, 0.15) is 17.8 Å². The van der Waals surface area contributed by atoms with E-state index >= 15 is 0 Å². The number of carbonyl (C=O) groups is 3. The van der Waals surface area contributed by atoms with Gasteiger partial charge in [-0.2, -0.15) is 0 Å². The molecule has 138 valence electrons. The van der Waals surface area contributed by atoms with Crippen LogP contribution in [-0.2, 0) is 11.2 Å². The Labute approximate surface area is 160 Å². The van der Waals surface area contributed by atoms with Crippen LogP contribution in [0.4, 0.5) is 11.5 Å². The van der Waals surface area contributed by atoms with Crippen LogP contribution in [0.25, 0.3) is 11.4 Å². The van der Waals surface area contributed by atoms with Gasteiger partial charge in [0.05, 0.1) is 12.1 Å². The molecule has 0 atom stereocenters. The Morgan fingerprint density at radius 2 is 1.89 bits per heavy atom. The highest BCUT2D eigenvalue weighted by molar-refractivity contribution is 6.09. The van der Waals surface area contributed by atoms with Gasteiger partial charge in [0, 0.05) is 16.7 Å². The molecule has 0 saturated heterocycles. The van der Waals surface area contributed by atoms with Gasteiger partial charge in [0.2, 0.25) is 5.91 Å². The Kier molecular flexibility index (Phi) is 4.19. The summed E-state index contributed by atoms with van der Waals surface area (Å²) in [4.78, 5) is 46.1. The molecule has 3 aromatic rings. The van der Waals surface area contributed by atoms with E-state index in [4.69, 9.17) is 5.73 Å². The lowest BCUT2D eigenvalue weighted by Gasteiger charge is -2.18. The van der Waals surface area contributed by atoms with E-state index in [1.165, 1.54) is 4.90 Å². The lowest BCUT2D eigenvalue weighted by Crippen LogP contribution is -2.21. The van der Waals surface area contributed by atoms with Crippen LogP contribution in [0.15, 0.2) is 48.5 Å². The molecule has 1 aliphatic heterocycles. The zero-order valence-electron chi connectivity index (χ0n) is 15.0. The molecule has 0 unspecified atom stereocenters. The minimum atomic E-state index is -0.731. The standard InChI is InChI=1S/C21H16N4O3/c1-12-5-7-15(8-6-12)25-17(27)10-16-18(19(22)28)23-20(24-21(16)25)14-4-2-3-13(9-14)11-26/h2-9,11H,10H2,1H3,(H2,22,28). The third kappa shape index (κ3) is 2.92. The summed E-state index contributed by atoms with van der Waals surface area (Å²) in [6.07, 6.45) is 0.712. The number of aryl methyl sites for hydroxylation is 1. The van der Waals surface area contributed by atoms with Crippen LogP contribution >= 0.6 is 0 Å². The first kappa shape index (κ1) is 17.5.